The van der Waals surface area contributed by atoms with Gasteiger partial charge in [0.25, 0.3) is 15.6 Å². The van der Waals surface area contributed by atoms with E-state index in [-0.39, 0.29) is 17.9 Å². The lowest BCUT2D eigenvalue weighted by atomic mass is 10.2. The van der Waals surface area contributed by atoms with Crippen molar-refractivity contribution in [3.63, 3.8) is 0 Å². The number of ether oxygens (including phenoxy) is 1. The highest BCUT2D eigenvalue weighted by molar-refractivity contribution is 8.15. The standard InChI is InChI=1S/C21H16N6O5S2/c1-25-18(28)13-4-2-3-5-14(13)27-17(22-23-20(25)27)11-32-19(29)12-6-7-15-16(10-12)33-21-24-34(30,31)9-8-26(15)21/h2-7,10H,8-9,11H2,1H3. The van der Waals surface area contributed by atoms with Crippen LogP contribution in [0.25, 0.3) is 16.7 Å². The van der Waals surface area contributed by atoms with E-state index in [2.05, 4.69) is 14.6 Å². The molecule has 6 rings (SSSR count). The van der Waals surface area contributed by atoms with Crippen LogP contribution in [-0.4, -0.2) is 51.0 Å². The number of thioether (sulfide) groups is 1. The van der Waals surface area contributed by atoms with Crippen molar-refractivity contribution in [2.75, 3.05) is 17.2 Å². The van der Waals surface area contributed by atoms with Gasteiger partial charge in [-0.25, -0.2) is 13.2 Å². The molecule has 4 aromatic rings. The molecule has 0 aliphatic carbocycles. The van der Waals surface area contributed by atoms with Gasteiger partial charge in [0.2, 0.25) is 5.78 Å². The van der Waals surface area contributed by atoms with Gasteiger partial charge in [-0.1, -0.05) is 12.1 Å². The van der Waals surface area contributed by atoms with Crippen molar-refractivity contribution in [3.8, 4) is 0 Å². The predicted octanol–water partition coefficient (Wildman–Crippen LogP) is 1.55. The molecule has 13 heteroatoms. The first kappa shape index (κ1) is 20.9. The Morgan fingerprint density at radius 3 is 2.85 bits per heavy atom. The Hall–Kier alpha value is -3.71. The third-order valence-electron chi connectivity index (χ3n) is 5.73. The summed E-state index contributed by atoms with van der Waals surface area (Å²) in [4.78, 5) is 27.9. The van der Waals surface area contributed by atoms with Crippen molar-refractivity contribution in [2.24, 2.45) is 11.4 Å². The molecule has 11 nitrogen and oxygen atoms in total. The van der Waals surface area contributed by atoms with E-state index in [1.807, 2.05) is 11.0 Å². The number of hydrogen-bond donors (Lipinski definition) is 0. The van der Waals surface area contributed by atoms with E-state index >= 15 is 0 Å². The molecule has 0 atom stereocenters. The Morgan fingerprint density at radius 2 is 2.00 bits per heavy atom. The summed E-state index contributed by atoms with van der Waals surface area (Å²) in [6.45, 7) is 0.172. The molecule has 0 N–H and O–H groups in total. The van der Waals surface area contributed by atoms with Gasteiger partial charge < -0.3 is 9.64 Å². The van der Waals surface area contributed by atoms with Gasteiger partial charge >= 0.3 is 5.97 Å². The van der Waals surface area contributed by atoms with E-state index in [0.29, 0.717) is 39.8 Å². The molecule has 0 fully saturated rings. The monoisotopic (exact) mass is 496 g/mol. The van der Waals surface area contributed by atoms with Crippen LogP contribution in [0.1, 0.15) is 16.2 Å². The minimum atomic E-state index is -3.46. The molecule has 4 heterocycles. The lowest BCUT2D eigenvalue weighted by molar-refractivity contribution is 0.0461. The Balaban J connectivity index is 1.28. The number of anilines is 1. The number of hydrogen-bond acceptors (Lipinski definition) is 9. The molecule has 0 bridgehead atoms. The maximum Gasteiger partial charge on any atom is 0.338 e. The van der Waals surface area contributed by atoms with Crippen molar-refractivity contribution in [1.29, 1.82) is 0 Å². The van der Waals surface area contributed by atoms with Gasteiger partial charge in [-0.2, -0.15) is 0 Å². The van der Waals surface area contributed by atoms with E-state index in [0.717, 1.165) is 10.6 Å². The molecule has 0 spiro atoms. The summed E-state index contributed by atoms with van der Waals surface area (Å²) in [5.41, 5.74) is 1.56. The van der Waals surface area contributed by atoms with Gasteiger partial charge in [-0.3, -0.25) is 13.8 Å². The van der Waals surface area contributed by atoms with Gasteiger partial charge in [-0.05, 0) is 42.1 Å². The Labute approximate surface area is 196 Å². The number of amidine groups is 1. The number of nitrogens with zero attached hydrogens (tertiary/aromatic N) is 6. The number of esters is 1. The summed E-state index contributed by atoms with van der Waals surface area (Å²) in [5, 5.41) is 9.11. The number of carbonyl (C=O) groups is 1. The van der Waals surface area contributed by atoms with Crippen molar-refractivity contribution in [1.82, 2.24) is 19.2 Å². The van der Waals surface area contributed by atoms with Gasteiger partial charge in [0, 0.05) is 18.5 Å². The number of aromatic nitrogens is 4. The third-order valence-corrected chi connectivity index (χ3v) is 8.04. The van der Waals surface area contributed by atoms with E-state index < -0.39 is 16.0 Å². The minimum absolute atomic E-state index is 0.0487. The first-order chi connectivity index (χ1) is 16.3. The summed E-state index contributed by atoms with van der Waals surface area (Å²) in [5.74, 6) is 0.111. The summed E-state index contributed by atoms with van der Waals surface area (Å²) < 4.78 is 36.0. The molecule has 2 aliphatic heterocycles. The number of rotatable bonds is 3. The third kappa shape index (κ3) is 3.19. The summed E-state index contributed by atoms with van der Waals surface area (Å²) >= 11 is 1.21. The maximum absolute atomic E-state index is 12.8. The van der Waals surface area contributed by atoms with Crippen molar-refractivity contribution < 1.29 is 17.9 Å². The summed E-state index contributed by atoms with van der Waals surface area (Å²) in [7, 11) is -1.85. The van der Waals surface area contributed by atoms with Crippen LogP contribution in [0.2, 0.25) is 0 Å². The smallest absolute Gasteiger partial charge is 0.338 e. The number of fused-ring (bicyclic) bond motifs is 6. The largest absolute Gasteiger partial charge is 0.454 e. The van der Waals surface area contributed by atoms with Crippen LogP contribution < -0.4 is 10.5 Å². The van der Waals surface area contributed by atoms with E-state index in [9.17, 15) is 18.0 Å². The molecule has 0 amide bonds. The molecule has 172 valence electrons. The lowest BCUT2D eigenvalue weighted by Gasteiger charge is -2.22. The fourth-order valence-electron chi connectivity index (χ4n) is 4.06. The second-order valence-corrected chi connectivity index (χ2v) is 10.6. The average Bonchev–Trinajstić information content (AvgIpc) is 3.40. The molecule has 0 saturated heterocycles. The first-order valence-corrected chi connectivity index (χ1v) is 12.7. The normalized spacial score (nSPS) is 16.4. The van der Waals surface area contributed by atoms with Gasteiger partial charge in [0.1, 0.15) is 0 Å². The zero-order valence-corrected chi connectivity index (χ0v) is 19.3. The van der Waals surface area contributed by atoms with Crippen molar-refractivity contribution in [3.05, 3.63) is 64.2 Å². The van der Waals surface area contributed by atoms with Crippen LogP contribution in [0, 0.1) is 0 Å². The van der Waals surface area contributed by atoms with Crippen LogP contribution in [0.4, 0.5) is 5.69 Å². The number of sulfonamides is 1. The highest BCUT2D eigenvalue weighted by Gasteiger charge is 2.33. The molecule has 34 heavy (non-hydrogen) atoms. The van der Waals surface area contributed by atoms with Crippen LogP contribution in [0.3, 0.4) is 0 Å². The predicted molar refractivity (Wildman–Crippen MR) is 126 cm³/mol. The summed E-state index contributed by atoms with van der Waals surface area (Å²) in [6.07, 6.45) is 0. The van der Waals surface area contributed by atoms with Crippen LogP contribution in [0.5, 0.6) is 0 Å². The second-order valence-electron chi connectivity index (χ2n) is 7.81. The Morgan fingerprint density at radius 1 is 1.18 bits per heavy atom. The maximum atomic E-state index is 12.8. The molecule has 2 aromatic heterocycles. The number of para-hydroxylation sites is 1. The molecule has 0 unspecified atom stereocenters. The molecule has 0 radical (unpaired) electrons. The second kappa shape index (κ2) is 7.40. The van der Waals surface area contributed by atoms with Crippen LogP contribution >= 0.6 is 11.8 Å². The highest BCUT2D eigenvalue weighted by atomic mass is 32.2. The average molecular weight is 497 g/mol. The Bertz CT molecular complexity index is 1720. The number of carbonyl (C=O) groups excluding carboxylic acids is 1. The zero-order valence-electron chi connectivity index (χ0n) is 17.7. The topological polar surface area (TPSA) is 128 Å². The molecular formula is C21H16N6O5S2. The van der Waals surface area contributed by atoms with Crippen LogP contribution in [0.15, 0.2) is 56.6 Å². The van der Waals surface area contributed by atoms with Crippen molar-refractivity contribution >= 4 is 55.3 Å². The quantitative estimate of drug-likeness (QED) is 0.388. The van der Waals surface area contributed by atoms with E-state index in [4.69, 9.17) is 4.74 Å². The number of benzene rings is 2. The lowest BCUT2D eigenvalue weighted by Crippen LogP contribution is -2.35. The Kier molecular flexibility index (Phi) is 4.54. The first-order valence-electron chi connectivity index (χ1n) is 10.2. The SMILES string of the molecule is Cn1c(=O)c2ccccc2n2c(COC(=O)c3ccc4c(c3)SC3=NS(=O)(=O)CCN34)nnc12. The molecule has 2 aliphatic rings. The molecule has 0 saturated carbocycles. The summed E-state index contributed by atoms with van der Waals surface area (Å²) in [6, 6.07) is 12.1. The fraction of sp³-hybridized carbons (Fsp3) is 0.190. The fourth-order valence-corrected chi connectivity index (χ4v) is 6.35. The highest BCUT2D eigenvalue weighted by Crippen LogP contribution is 2.42. The minimum Gasteiger partial charge on any atom is -0.454 e. The van der Waals surface area contributed by atoms with Gasteiger partial charge in [0.15, 0.2) is 17.6 Å². The molecule has 2 aromatic carbocycles. The van der Waals surface area contributed by atoms with Crippen LogP contribution in [-0.2, 0) is 28.4 Å². The van der Waals surface area contributed by atoms with Crippen molar-refractivity contribution in [2.45, 2.75) is 11.5 Å². The zero-order chi connectivity index (χ0) is 23.6. The van der Waals surface area contributed by atoms with E-state index in [1.54, 1.807) is 47.8 Å². The van der Waals surface area contributed by atoms with Gasteiger partial charge in [-0.15, -0.1) is 14.6 Å². The molecular weight excluding hydrogens is 480 g/mol. The number of aryl methyl sites for hydroxylation is 1. The van der Waals surface area contributed by atoms with Gasteiger partial charge in [0.05, 0.1) is 27.9 Å². The van der Waals surface area contributed by atoms with E-state index in [1.165, 1.54) is 16.3 Å².